The average molecular weight is 220 g/mol. The Balaban J connectivity index is 1.93. The number of hydrogen-bond donors (Lipinski definition) is 3. The van der Waals surface area contributed by atoms with E-state index in [0.29, 0.717) is 13.0 Å². The number of para-hydroxylation sites is 1. The van der Waals surface area contributed by atoms with Gasteiger partial charge in [0, 0.05) is 18.7 Å². The number of aliphatic hydroxyl groups excluding tert-OH is 1. The van der Waals surface area contributed by atoms with Crippen LogP contribution in [-0.4, -0.2) is 29.7 Å². The second kappa shape index (κ2) is 4.53. The number of nitrogens with one attached hydrogen (secondary N) is 2. The fourth-order valence-corrected chi connectivity index (χ4v) is 1.83. The molecule has 1 aliphatic rings. The maximum Gasteiger partial charge on any atom is 0.242 e. The van der Waals surface area contributed by atoms with Crippen LogP contribution in [0.3, 0.4) is 0 Å². The SMILES string of the molecule is CC(O)CNC(=O)C1Cc2ccccc2N1. The zero-order valence-corrected chi connectivity index (χ0v) is 9.23. The molecule has 1 aromatic carbocycles. The molecule has 0 bridgehead atoms. The van der Waals surface area contributed by atoms with Crippen LogP contribution in [-0.2, 0) is 11.2 Å². The van der Waals surface area contributed by atoms with E-state index in [0.717, 1.165) is 5.69 Å². The van der Waals surface area contributed by atoms with Gasteiger partial charge in [0.15, 0.2) is 0 Å². The molecule has 0 aliphatic carbocycles. The van der Waals surface area contributed by atoms with Gasteiger partial charge in [-0.2, -0.15) is 0 Å². The van der Waals surface area contributed by atoms with E-state index in [4.69, 9.17) is 5.11 Å². The first-order chi connectivity index (χ1) is 7.66. The molecular weight excluding hydrogens is 204 g/mol. The number of carbonyl (C=O) groups is 1. The van der Waals surface area contributed by atoms with Gasteiger partial charge in [-0.3, -0.25) is 4.79 Å². The van der Waals surface area contributed by atoms with E-state index < -0.39 is 6.10 Å². The number of benzene rings is 1. The Morgan fingerprint density at radius 3 is 3.06 bits per heavy atom. The van der Waals surface area contributed by atoms with E-state index in [-0.39, 0.29) is 11.9 Å². The maximum atomic E-state index is 11.7. The zero-order valence-electron chi connectivity index (χ0n) is 9.23. The average Bonchev–Trinajstić information content (AvgIpc) is 2.69. The lowest BCUT2D eigenvalue weighted by atomic mass is 10.1. The van der Waals surface area contributed by atoms with Gasteiger partial charge in [0.2, 0.25) is 5.91 Å². The van der Waals surface area contributed by atoms with Gasteiger partial charge in [-0.25, -0.2) is 0 Å². The molecule has 2 atom stereocenters. The summed E-state index contributed by atoms with van der Waals surface area (Å²) in [4.78, 5) is 11.7. The third kappa shape index (κ3) is 2.33. The summed E-state index contributed by atoms with van der Waals surface area (Å²) in [6.07, 6.45) is 0.203. The van der Waals surface area contributed by atoms with Crippen LogP contribution in [0.2, 0.25) is 0 Å². The fraction of sp³-hybridized carbons (Fsp3) is 0.417. The van der Waals surface area contributed by atoms with E-state index >= 15 is 0 Å². The molecule has 1 heterocycles. The minimum absolute atomic E-state index is 0.0582. The second-order valence-corrected chi connectivity index (χ2v) is 4.15. The summed E-state index contributed by atoms with van der Waals surface area (Å²) in [5.41, 5.74) is 2.19. The topological polar surface area (TPSA) is 61.4 Å². The van der Waals surface area contributed by atoms with Gasteiger partial charge in [0.1, 0.15) is 6.04 Å². The Hall–Kier alpha value is -1.55. The maximum absolute atomic E-state index is 11.7. The highest BCUT2D eigenvalue weighted by Gasteiger charge is 2.25. The lowest BCUT2D eigenvalue weighted by Gasteiger charge is -2.12. The highest BCUT2D eigenvalue weighted by molar-refractivity contribution is 5.87. The van der Waals surface area contributed by atoms with Crippen LogP contribution in [0.4, 0.5) is 5.69 Å². The van der Waals surface area contributed by atoms with Crippen LogP contribution in [0, 0.1) is 0 Å². The van der Waals surface area contributed by atoms with Crippen LogP contribution in [0.1, 0.15) is 12.5 Å². The first-order valence-electron chi connectivity index (χ1n) is 5.47. The predicted octanol–water partition coefficient (Wildman–Crippen LogP) is 0.520. The molecule has 16 heavy (non-hydrogen) atoms. The quantitative estimate of drug-likeness (QED) is 0.696. The molecule has 2 unspecified atom stereocenters. The molecule has 4 heteroatoms. The van der Waals surface area contributed by atoms with Crippen molar-refractivity contribution in [3.05, 3.63) is 29.8 Å². The van der Waals surface area contributed by atoms with Gasteiger partial charge >= 0.3 is 0 Å². The first-order valence-corrected chi connectivity index (χ1v) is 5.47. The largest absolute Gasteiger partial charge is 0.392 e. The van der Waals surface area contributed by atoms with Gasteiger partial charge in [-0.05, 0) is 18.6 Å². The summed E-state index contributed by atoms with van der Waals surface area (Å²) in [7, 11) is 0. The van der Waals surface area contributed by atoms with Gasteiger partial charge < -0.3 is 15.7 Å². The number of hydrogen-bond acceptors (Lipinski definition) is 3. The fourth-order valence-electron chi connectivity index (χ4n) is 1.83. The molecule has 0 saturated carbocycles. The lowest BCUT2D eigenvalue weighted by molar-refractivity contribution is -0.122. The molecule has 3 N–H and O–H groups in total. The van der Waals surface area contributed by atoms with Crippen LogP contribution >= 0.6 is 0 Å². The predicted molar refractivity (Wildman–Crippen MR) is 62.2 cm³/mol. The Morgan fingerprint density at radius 1 is 1.62 bits per heavy atom. The van der Waals surface area contributed by atoms with Crippen molar-refractivity contribution in [3.8, 4) is 0 Å². The molecule has 0 aromatic heterocycles. The summed E-state index contributed by atoms with van der Waals surface area (Å²) in [6, 6.07) is 7.69. The normalized spacial score (nSPS) is 19.8. The van der Waals surface area contributed by atoms with E-state index in [1.54, 1.807) is 6.92 Å². The van der Waals surface area contributed by atoms with Crippen LogP contribution in [0.15, 0.2) is 24.3 Å². The van der Waals surface area contributed by atoms with E-state index in [9.17, 15) is 4.79 Å². The molecule has 2 rings (SSSR count). The number of carbonyl (C=O) groups excluding carboxylic acids is 1. The molecule has 86 valence electrons. The second-order valence-electron chi connectivity index (χ2n) is 4.15. The molecule has 0 fully saturated rings. The highest BCUT2D eigenvalue weighted by Crippen LogP contribution is 2.24. The molecule has 1 amide bonds. The Kier molecular flexibility index (Phi) is 3.10. The number of amides is 1. The zero-order chi connectivity index (χ0) is 11.5. The standard InChI is InChI=1S/C12H16N2O2/c1-8(15)7-13-12(16)11-6-9-4-2-3-5-10(9)14-11/h2-5,8,11,14-15H,6-7H2,1H3,(H,13,16). The number of anilines is 1. The molecule has 1 aliphatic heterocycles. The molecule has 4 nitrogen and oxygen atoms in total. The Bertz CT molecular complexity index is 365. The smallest absolute Gasteiger partial charge is 0.242 e. The number of aliphatic hydroxyl groups is 1. The third-order valence-corrected chi connectivity index (χ3v) is 2.66. The van der Waals surface area contributed by atoms with E-state index in [2.05, 4.69) is 10.6 Å². The highest BCUT2D eigenvalue weighted by atomic mass is 16.3. The van der Waals surface area contributed by atoms with E-state index in [1.165, 1.54) is 5.56 Å². The van der Waals surface area contributed by atoms with Crippen LogP contribution in [0.5, 0.6) is 0 Å². The van der Waals surface area contributed by atoms with Crippen molar-refractivity contribution >= 4 is 11.6 Å². The van der Waals surface area contributed by atoms with Crippen molar-refractivity contribution in [3.63, 3.8) is 0 Å². The third-order valence-electron chi connectivity index (χ3n) is 2.66. The molecular formula is C12H16N2O2. The molecule has 0 spiro atoms. The van der Waals surface area contributed by atoms with E-state index in [1.807, 2.05) is 24.3 Å². The number of fused-ring (bicyclic) bond motifs is 1. The van der Waals surface area contributed by atoms with Crippen molar-refractivity contribution in [2.24, 2.45) is 0 Å². The summed E-state index contributed by atoms with van der Waals surface area (Å²) < 4.78 is 0. The summed E-state index contributed by atoms with van der Waals surface area (Å²) in [5, 5.41) is 15.0. The Labute approximate surface area is 94.7 Å². The molecule has 0 radical (unpaired) electrons. The van der Waals surface area contributed by atoms with Gasteiger partial charge in [-0.1, -0.05) is 18.2 Å². The lowest BCUT2D eigenvalue weighted by Crippen LogP contribution is -2.41. The van der Waals surface area contributed by atoms with Crippen molar-refractivity contribution in [2.75, 3.05) is 11.9 Å². The minimum atomic E-state index is -0.507. The van der Waals surface area contributed by atoms with Crippen molar-refractivity contribution < 1.29 is 9.90 Å². The van der Waals surface area contributed by atoms with Crippen molar-refractivity contribution in [1.29, 1.82) is 0 Å². The molecule has 1 aromatic rings. The van der Waals surface area contributed by atoms with Crippen LogP contribution in [0.25, 0.3) is 0 Å². The molecule has 0 saturated heterocycles. The first kappa shape index (κ1) is 11.0. The van der Waals surface area contributed by atoms with Crippen molar-refractivity contribution in [2.45, 2.75) is 25.5 Å². The number of rotatable bonds is 3. The summed E-state index contributed by atoms with van der Waals surface area (Å²) >= 11 is 0. The Morgan fingerprint density at radius 2 is 2.38 bits per heavy atom. The van der Waals surface area contributed by atoms with Gasteiger partial charge in [0.05, 0.1) is 6.10 Å². The minimum Gasteiger partial charge on any atom is -0.392 e. The summed E-state index contributed by atoms with van der Waals surface area (Å²) in [5.74, 6) is -0.0582. The van der Waals surface area contributed by atoms with Gasteiger partial charge in [0.25, 0.3) is 0 Å². The van der Waals surface area contributed by atoms with Crippen LogP contribution < -0.4 is 10.6 Å². The van der Waals surface area contributed by atoms with Gasteiger partial charge in [-0.15, -0.1) is 0 Å². The monoisotopic (exact) mass is 220 g/mol. The summed E-state index contributed by atoms with van der Waals surface area (Å²) in [6.45, 7) is 1.95. The van der Waals surface area contributed by atoms with Crippen molar-refractivity contribution in [1.82, 2.24) is 5.32 Å².